The monoisotopic (exact) mass is 309 g/mol. The summed E-state index contributed by atoms with van der Waals surface area (Å²) in [5.41, 5.74) is -0.918. The second-order valence-corrected chi connectivity index (χ2v) is 6.97. The van der Waals surface area contributed by atoms with Gasteiger partial charge in [0.05, 0.1) is 11.5 Å². The second kappa shape index (κ2) is 5.42. The molecule has 2 atom stereocenters. The van der Waals surface area contributed by atoms with E-state index in [1.807, 2.05) is 12.1 Å². The number of nitrogens with zero attached hydrogens (tertiary/aromatic N) is 1. The number of ether oxygens (including phenoxy) is 1. The number of thiophene rings is 1. The van der Waals surface area contributed by atoms with Crippen LogP contribution in [0.5, 0.6) is 0 Å². The van der Waals surface area contributed by atoms with E-state index < -0.39 is 11.4 Å². The highest BCUT2D eigenvalue weighted by molar-refractivity contribution is 7.14. The number of carboxylic acids is 1. The van der Waals surface area contributed by atoms with E-state index in [9.17, 15) is 14.7 Å². The Labute approximate surface area is 127 Å². The topological polar surface area (TPSA) is 66.8 Å². The minimum absolute atomic E-state index is 0.00157. The first-order valence-electron chi connectivity index (χ1n) is 7.26. The van der Waals surface area contributed by atoms with Gasteiger partial charge in [0, 0.05) is 24.6 Å². The van der Waals surface area contributed by atoms with Crippen LogP contribution in [0.1, 0.15) is 27.9 Å². The number of fused-ring (bicyclic) bond motifs is 1. The van der Waals surface area contributed by atoms with Gasteiger partial charge in [-0.05, 0) is 30.9 Å². The van der Waals surface area contributed by atoms with Crippen molar-refractivity contribution >= 4 is 23.2 Å². The van der Waals surface area contributed by atoms with E-state index in [-0.39, 0.29) is 25.0 Å². The number of aryl methyl sites for hydroxylation is 1. The molecule has 2 fully saturated rings. The molecule has 1 aromatic heterocycles. The average Bonchev–Trinajstić information content (AvgIpc) is 3.11. The maximum absolute atomic E-state index is 12.6. The normalized spacial score (nSPS) is 28.4. The maximum Gasteiger partial charge on any atom is 0.314 e. The summed E-state index contributed by atoms with van der Waals surface area (Å²) in [6.45, 7) is 3.63. The van der Waals surface area contributed by atoms with Crippen LogP contribution in [0.3, 0.4) is 0 Å². The van der Waals surface area contributed by atoms with E-state index in [2.05, 4.69) is 6.92 Å². The molecule has 1 aromatic rings. The Kier molecular flexibility index (Phi) is 3.75. The van der Waals surface area contributed by atoms with Gasteiger partial charge in [0.2, 0.25) is 0 Å². The zero-order valence-corrected chi connectivity index (χ0v) is 12.8. The fraction of sp³-hybridized carbons (Fsp3) is 0.600. The van der Waals surface area contributed by atoms with Gasteiger partial charge in [0.15, 0.2) is 0 Å². The first kappa shape index (κ1) is 14.5. The highest BCUT2D eigenvalue weighted by Gasteiger charge is 2.55. The van der Waals surface area contributed by atoms with Crippen LogP contribution in [0.4, 0.5) is 0 Å². The lowest BCUT2D eigenvalue weighted by molar-refractivity contribution is -0.159. The number of rotatable bonds is 3. The molecule has 3 rings (SSSR count). The summed E-state index contributed by atoms with van der Waals surface area (Å²) in [5, 5.41) is 9.60. The molecule has 6 heteroatoms. The van der Waals surface area contributed by atoms with E-state index in [4.69, 9.17) is 4.74 Å². The largest absolute Gasteiger partial charge is 0.481 e. The number of carbonyl (C=O) groups excluding carboxylic acids is 1. The summed E-state index contributed by atoms with van der Waals surface area (Å²) >= 11 is 1.50. The molecule has 0 aromatic carbocycles. The van der Waals surface area contributed by atoms with Gasteiger partial charge in [0.1, 0.15) is 5.41 Å². The van der Waals surface area contributed by atoms with Crippen molar-refractivity contribution in [2.75, 3.05) is 26.3 Å². The SMILES string of the molecule is CCc1ccc(C(=O)N2C[C@@H]3CCOC[C@]3(C(=O)O)C2)s1. The van der Waals surface area contributed by atoms with Gasteiger partial charge >= 0.3 is 5.97 Å². The second-order valence-electron chi connectivity index (χ2n) is 5.80. The molecular formula is C15H19NO4S. The molecule has 0 bridgehead atoms. The molecule has 2 aliphatic heterocycles. The van der Waals surface area contributed by atoms with Crippen molar-refractivity contribution in [3.05, 3.63) is 21.9 Å². The minimum atomic E-state index is -0.918. The van der Waals surface area contributed by atoms with Crippen LogP contribution < -0.4 is 0 Å². The maximum atomic E-state index is 12.6. The van der Waals surface area contributed by atoms with E-state index >= 15 is 0 Å². The number of likely N-dealkylation sites (tertiary alicyclic amines) is 1. The summed E-state index contributed by atoms with van der Waals surface area (Å²) in [6.07, 6.45) is 1.62. The molecule has 0 unspecified atom stereocenters. The number of hydrogen-bond acceptors (Lipinski definition) is 4. The fourth-order valence-corrected chi connectivity index (χ4v) is 4.20. The Hall–Kier alpha value is -1.40. The van der Waals surface area contributed by atoms with Crippen LogP contribution in [0.15, 0.2) is 12.1 Å². The number of aliphatic carboxylic acids is 1. The lowest BCUT2D eigenvalue weighted by atomic mass is 9.76. The predicted molar refractivity (Wildman–Crippen MR) is 78.6 cm³/mol. The smallest absolute Gasteiger partial charge is 0.314 e. The van der Waals surface area contributed by atoms with Crippen molar-refractivity contribution in [2.24, 2.45) is 11.3 Å². The van der Waals surface area contributed by atoms with E-state index in [1.54, 1.807) is 4.90 Å². The number of hydrogen-bond donors (Lipinski definition) is 1. The van der Waals surface area contributed by atoms with Gasteiger partial charge in [-0.2, -0.15) is 0 Å². The Balaban J connectivity index is 1.81. The van der Waals surface area contributed by atoms with Crippen LogP contribution in [0.25, 0.3) is 0 Å². The van der Waals surface area contributed by atoms with Gasteiger partial charge < -0.3 is 14.7 Å². The standard InChI is InChI=1S/C15H19NO4S/c1-2-11-3-4-12(21-11)13(17)16-7-10-5-6-20-9-15(10,8-16)14(18)19/h3-4,10H,2,5-9H2,1H3,(H,18,19)/t10-,15+/m0/s1. The van der Waals surface area contributed by atoms with Crippen LogP contribution in [-0.2, 0) is 16.0 Å². The Morgan fingerprint density at radius 3 is 2.95 bits per heavy atom. The summed E-state index contributed by atoms with van der Waals surface area (Å²) in [5.74, 6) is -0.893. The third-order valence-corrected chi connectivity index (χ3v) is 5.82. The number of carboxylic acid groups (broad SMARTS) is 1. The van der Waals surface area contributed by atoms with Crippen molar-refractivity contribution in [3.8, 4) is 0 Å². The van der Waals surface area contributed by atoms with Crippen molar-refractivity contribution < 1.29 is 19.4 Å². The first-order valence-corrected chi connectivity index (χ1v) is 8.07. The molecule has 0 radical (unpaired) electrons. The Morgan fingerprint density at radius 1 is 1.52 bits per heavy atom. The number of carbonyl (C=O) groups is 2. The van der Waals surface area contributed by atoms with Crippen molar-refractivity contribution in [1.29, 1.82) is 0 Å². The summed E-state index contributed by atoms with van der Waals surface area (Å²) < 4.78 is 5.39. The minimum Gasteiger partial charge on any atom is -0.481 e. The Bertz CT molecular complexity index is 570. The van der Waals surface area contributed by atoms with Gasteiger partial charge in [0.25, 0.3) is 5.91 Å². The lowest BCUT2D eigenvalue weighted by Crippen LogP contribution is -2.46. The molecule has 21 heavy (non-hydrogen) atoms. The average molecular weight is 309 g/mol. The molecule has 2 aliphatic rings. The van der Waals surface area contributed by atoms with Crippen LogP contribution in [-0.4, -0.2) is 48.2 Å². The predicted octanol–water partition coefficient (Wildman–Crippen LogP) is 1.87. The van der Waals surface area contributed by atoms with E-state index in [1.165, 1.54) is 16.2 Å². The molecule has 1 amide bonds. The van der Waals surface area contributed by atoms with E-state index in [0.29, 0.717) is 24.4 Å². The van der Waals surface area contributed by atoms with Gasteiger partial charge in [-0.3, -0.25) is 9.59 Å². The third-order valence-electron chi connectivity index (χ3n) is 4.60. The molecule has 2 saturated heterocycles. The molecule has 114 valence electrons. The highest BCUT2D eigenvalue weighted by Crippen LogP contribution is 2.42. The third kappa shape index (κ3) is 2.36. The summed E-state index contributed by atoms with van der Waals surface area (Å²) in [4.78, 5) is 27.9. The molecule has 3 heterocycles. The molecule has 1 N–H and O–H groups in total. The number of amides is 1. The fourth-order valence-electron chi connectivity index (χ4n) is 3.28. The van der Waals surface area contributed by atoms with Crippen LogP contribution in [0, 0.1) is 11.3 Å². The molecule has 0 saturated carbocycles. The summed E-state index contributed by atoms with van der Waals surface area (Å²) in [6, 6.07) is 3.81. The zero-order valence-electron chi connectivity index (χ0n) is 12.0. The molecule has 5 nitrogen and oxygen atoms in total. The van der Waals surface area contributed by atoms with Gasteiger partial charge in [-0.1, -0.05) is 6.92 Å². The Morgan fingerprint density at radius 2 is 2.33 bits per heavy atom. The molecule has 0 spiro atoms. The molecular weight excluding hydrogens is 290 g/mol. The van der Waals surface area contributed by atoms with E-state index in [0.717, 1.165) is 6.42 Å². The highest BCUT2D eigenvalue weighted by atomic mass is 32.1. The zero-order chi connectivity index (χ0) is 15.0. The first-order chi connectivity index (χ1) is 10.1. The summed E-state index contributed by atoms with van der Waals surface area (Å²) in [7, 11) is 0. The lowest BCUT2D eigenvalue weighted by Gasteiger charge is -2.33. The van der Waals surface area contributed by atoms with Crippen LogP contribution in [0.2, 0.25) is 0 Å². The quantitative estimate of drug-likeness (QED) is 0.925. The molecule has 0 aliphatic carbocycles. The van der Waals surface area contributed by atoms with Crippen molar-refractivity contribution in [3.63, 3.8) is 0 Å². The van der Waals surface area contributed by atoms with Crippen molar-refractivity contribution in [1.82, 2.24) is 4.90 Å². The van der Waals surface area contributed by atoms with Gasteiger partial charge in [-0.25, -0.2) is 0 Å². The van der Waals surface area contributed by atoms with Gasteiger partial charge in [-0.15, -0.1) is 11.3 Å². The van der Waals surface area contributed by atoms with Crippen molar-refractivity contribution in [2.45, 2.75) is 19.8 Å². The van der Waals surface area contributed by atoms with Crippen LogP contribution >= 0.6 is 11.3 Å².